The van der Waals surface area contributed by atoms with E-state index in [-0.39, 0.29) is 17.9 Å². The summed E-state index contributed by atoms with van der Waals surface area (Å²) < 4.78 is 4.84. The molecule has 0 saturated heterocycles. The van der Waals surface area contributed by atoms with Crippen LogP contribution in [0.15, 0.2) is 35.3 Å². The molecule has 2 aromatic rings. The molecule has 0 unspecified atom stereocenters. The number of carbonyl (C=O) groups excluding carboxylic acids is 1. The summed E-state index contributed by atoms with van der Waals surface area (Å²) in [5, 5.41) is 10.7. The minimum Gasteiger partial charge on any atom is -0.462 e. The first-order chi connectivity index (χ1) is 10.5. The number of rotatable bonds is 4. The average Bonchev–Trinajstić information content (AvgIpc) is 2.48. The van der Waals surface area contributed by atoms with Crippen LogP contribution in [0.3, 0.4) is 0 Å². The highest BCUT2D eigenvalue weighted by Gasteiger charge is 2.18. The van der Waals surface area contributed by atoms with Gasteiger partial charge in [-0.05, 0) is 31.5 Å². The van der Waals surface area contributed by atoms with Crippen LogP contribution in [0.25, 0.3) is 11.1 Å². The van der Waals surface area contributed by atoms with Crippen molar-refractivity contribution in [3.63, 3.8) is 0 Å². The van der Waals surface area contributed by atoms with Gasteiger partial charge in [-0.3, -0.25) is 14.9 Å². The van der Waals surface area contributed by atoms with Crippen molar-refractivity contribution in [2.24, 2.45) is 0 Å². The largest absolute Gasteiger partial charge is 0.462 e. The van der Waals surface area contributed by atoms with Crippen molar-refractivity contribution < 1.29 is 14.5 Å². The lowest BCUT2D eigenvalue weighted by Gasteiger charge is -2.08. The molecule has 1 aromatic heterocycles. The molecule has 0 saturated carbocycles. The van der Waals surface area contributed by atoms with Gasteiger partial charge >= 0.3 is 5.97 Å². The van der Waals surface area contributed by atoms with Crippen molar-refractivity contribution >= 4 is 11.7 Å². The van der Waals surface area contributed by atoms with Crippen LogP contribution in [0.1, 0.15) is 23.0 Å². The summed E-state index contributed by atoms with van der Waals surface area (Å²) in [5.41, 5.74) is 0.714. The van der Waals surface area contributed by atoms with E-state index in [9.17, 15) is 19.7 Å². The summed E-state index contributed by atoms with van der Waals surface area (Å²) in [7, 11) is 0. The third kappa shape index (κ3) is 2.88. The van der Waals surface area contributed by atoms with Gasteiger partial charge in [-0.25, -0.2) is 4.79 Å². The van der Waals surface area contributed by atoms with Gasteiger partial charge in [0, 0.05) is 29.6 Å². The first-order valence-electron chi connectivity index (χ1n) is 6.60. The SMILES string of the molecule is CCOC(=O)c1c[nH]c(C)c(-c2ccc([N+](=O)[O-])cc2)c1=O. The quantitative estimate of drug-likeness (QED) is 0.531. The Balaban J connectivity index is 2.55. The van der Waals surface area contributed by atoms with Crippen LogP contribution in [-0.4, -0.2) is 22.5 Å². The van der Waals surface area contributed by atoms with Gasteiger partial charge in [0.05, 0.1) is 11.5 Å². The molecule has 0 fully saturated rings. The van der Waals surface area contributed by atoms with E-state index in [4.69, 9.17) is 4.74 Å². The number of hydrogen-bond acceptors (Lipinski definition) is 5. The Hall–Kier alpha value is -2.96. The first-order valence-corrected chi connectivity index (χ1v) is 6.60. The minimum absolute atomic E-state index is 0.0700. The normalized spacial score (nSPS) is 10.3. The molecule has 22 heavy (non-hydrogen) atoms. The molecule has 0 amide bonds. The van der Waals surface area contributed by atoms with Gasteiger partial charge in [-0.2, -0.15) is 0 Å². The highest BCUT2D eigenvalue weighted by atomic mass is 16.6. The molecule has 0 spiro atoms. The van der Waals surface area contributed by atoms with E-state index >= 15 is 0 Å². The van der Waals surface area contributed by atoms with Crippen molar-refractivity contribution in [2.45, 2.75) is 13.8 Å². The van der Waals surface area contributed by atoms with Gasteiger partial charge in [-0.1, -0.05) is 0 Å². The number of nitro groups is 1. The van der Waals surface area contributed by atoms with E-state index in [1.807, 2.05) is 0 Å². The lowest BCUT2D eigenvalue weighted by Crippen LogP contribution is -2.20. The monoisotopic (exact) mass is 302 g/mol. The topological polar surface area (TPSA) is 102 Å². The number of aryl methyl sites for hydroxylation is 1. The standard InChI is InChI=1S/C15H14N2O5/c1-3-22-15(19)12-8-16-9(2)13(14(12)18)10-4-6-11(7-5-10)17(20)21/h4-8H,3H2,1-2H3,(H,16,18). The number of H-pyrrole nitrogens is 1. The smallest absolute Gasteiger partial charge is 0.343 e. The van der Waals surface area contributed by atoms with Gasteiger partial charge in [-0.15, -0.1) is 0 Å². The second kappa shape index (κ2) is 6.21. The number of aromatic amines is 1. The van der Waals surface area contributed by atoms with Gasteiger partial charge in [0.25, 0.3) is 5.69 Å². The van der Waals surface area contributed by atoms with E-state index in [2.05, 4.69) is 4.98 Å². The zero-order chi connectivity index (χ0) is 16.3. The number of nitrogens with zero attached hydrogens (tertiary/aromatic N) is 1. The Kier molecular flexibility index (Phi) is 4.36. The predicted molar refractivity (Wildman–Crippen MR) is 79.8 cm³/mol. The molecule has 114 valence electrons. The Bertz CT molecular complexity index is 778. The Morgan fingerprint density at radius 2 is 1.95 bits per heavy atom. The molecule has 0 atom stereocenters. The van der Waals surface area contributed by atoms with Crippen LogP contribution >= 0.6 is 0 Å². The lowest BCUT2D eigenvalue weighted by molar-refractivity contribution is -0.384. The van der Waals surface area contributed by atoms with Gasteiger partial charge in [0.15, 0.2) is 0 Å². The molecule has 0 aliphatic heterocycles. The van der Waals surface area contributed by atoms with Crippen molar-refractivity contribution in [1.29, 1.82) is 0 Å². The maximum atomic E-state index is 12.5. The number of esters is 1. The third-order valence-electron chi connectivity index (χ3n) is 3.14. The van der Waals surface area contributed by atoms with Crippen LogP contribution < -0.4 is 5.43 Å². The van der Waals surface area contributed by atoms with Crippen LogP contribution in [0.2, 0.25) is 0 Å². The van der Waals surface area contributed by atoms with Crippen LogP contribution in [0, 0.1) is 17.0 Å². The summed E-state index contributed by atoms with van der Waals surface area (Å²) in [6.07, 6.45) is 1.31. The van der Waals surface area contributed by atoms with Gasteiger partial charge < -0.3 is 9.72 Å². The number of pyridine rings is 1. The van der Waals surface area contributed by atoms with Gasteiger partial charge in [0.1, 0.15) is 5.56 Å². The lowest BCUT2D eigenvalue weighted by atomic mass is 10.0. The molecular weight excluding hydrogens is 288 g/mol. The molecular formula is C15H14N2O5. The maximum absolute atomic E-state index is 12.5. The molecule has 0 aliphatic rings. The summed E-state index contributed by atoms with van der Waals surface area (Å²) >= 11 is 0. The first kappa shape index (κ1) is 15.4. The predicted octanol–water partition coefficient (Wildman–Crippen LogP) is 2.44. The highest BCUT2D eigenvalue weighted by molar-refractivity contribution is 5.90. The molecule has 1 N–H and O–H groups in total. The zero-order valence-electron chi connectivity index (χ0n) is 12.1. The van der Waals surface area contributed by atoms with Crippen LogP contribution in [0.4, 0.5) is 5.69 Å². The molecule has 7 heteroatoms. The average molecular weight is 302 g/mol. The number of nitrogens with one attached hydrogen (secondary N) is 1. The highest BCUT2D eigenvalue weighted by Crippen LogP contribution is 2.22. The van der Waals surface area contributed by atoms with Crippen molar-refractivity contribution in [2.75, 3.05) is 6.61 Å². The Labute approximate surface area is 125 Å². The summed E-state index contributed by atoms with van der Waals surface area (Å²) in [6, 6.07) is 5.58. The second-order valence-corrected chi connectivity index (χ2v) is 4.56. The number of nitro benzene ring substituents is 1. The van der Waals surface area contributed by atoms with E-state index in [0.29, 0.717) is 16.8 Å². The van der Waals surface area contributed by atoms with Crippen LogP contribution in [-0.2, 0) is 4.74 Å². The fourth-order valence-corrected chi connectivity index (χ4v) is 2.08. The van der Waals surface area contributed by atoms with Crippen molar-refractivity contribution in [3.8, 4) is 11.1 Å². The second-order valence-electron chi connectivity index (χ2n) is 4.56. The zero-order valence-corrected chi connectivity index (χ0v) is 12.1. The fourth-order valence-electron chi connectivity index (χ4n) is 2.08. The summed E-state index contributed by atoms with van der Waals surface area (Å²) in [6.45, 7) is 3.50. The number of non-ortho nitro benzene ring substituents is 1. The minimum atomic E-state index is -0.702. The maximum Gasteiger partial charge on any atom is 0.343 e. The Morgan fingerprint density at radius 1 is 1.32 bits per heavy atom. The van der Waals surface area contributed by atoms with Crippen molar-refractivity contribution in [3.05, 3.63) is 62.1 Å². The molecule has 0 aliphatic carbocycles. The summed E-state index contributed by atoms with van der Waals surface area (Å²) in [5.74, 6) is -0.702. The number of benzene rings is 1. The molecule has 0 radical (unpaired) electrons. The number of carbonyl (C=O) groups is 1. The summed E-state index contributed by atoms with van der Waals surface area (Å²) in [4.78, 5) is 37.2. The fraction of sp³-hybridized carbons (Fsp3) is 0.200. The van der Waals surface area contributed by atoms with Crippen LogP contribution in [0.5, 0.6) is 0 Å². The number of aromatic nitrogens is 1. The van der Waals surface area contributed by atoms with E-state index in [0.717, 1.165) is 0 Å². The van der Waals surface area contributed by atoms with Crippen molar-refractivity contribution in [1.82, 2.24) is 4.98 Å². The van der Waals surface area contributed by atoms with E-state index < -0.39 is 16.3 Å². The Morgan fingerprint density at radius 3 is 2.50 bits per heavy atom. The van der Waals surface area contributed by atoms with E-state index in [1.165, 1.54) is 30.5 Å². The number of hydrogen-bond donors (Lipinski definition) is 1. The molecule has 0 bridgehead atoms. The van der Waals surface area contributed by atoms with Gasteiger partial charge in [0.2, 0.25) is 5.43 Å². The molecule has 7 nitrogen and oxygen atoms in total. The molecule has 1 aromatic carbocycles. The molecule has 1 heterocycles. The third-order valence-corrected chi connectivity index (χ3v) is 3.14. The number of ether oxygens (including phenoxy) is 1. The van der Waals surface area contributed by atoms with E-state index in [1.54, 1.807) is 13.8 Å². The molecule has 2 rings (SSSR count).